The van der Waals surface area contributed by atoms with Crippen molar-refractivity contribution < 1.29 is 9.90 Å². The van der Waals surface area contributed by atoms with Crippen molar-refractivity contribution in [1.82, 2.24) is 5.32 Å². The van der Waals surface area contributed by atoms with Crippen LogP contribution < -0.4 is 5.32 Å². The fourth-order valence-corrected chi connectivity index (χ4v) is 2.43. The van der Waals surface area contributed by atoms with Crippen LogP contribution in [0.25, 0.3) is 0 Å². The summed E-state index contributed by atoms with van der Waals surface area (Å²) in [5, 5.41) is 13.0. The molecule has 2 rings (SSSR count). The molecule has 0 aliphatic heterocycles. The zero-order chi connectivity index (χ0) is 13.3. The third kappa shape index (κ3) is 2.68. The van der Waals surface area contributed by atoms with E-state index in [1.54, 1.807) is 18.2 Å². The number of benzene rings is 1. The van der Waals surface area contributed by atoms with Crippen LogP contribution in [0.5, 0.6) is 0 Å². The van der Waals surface area contributed by atoms with Gasteiger partial charge < -0.3 is 10.4 Å². The van der Waals surface area contributed by atoms with E-state index in [9.17, 15) is 9.90 Å². The minimum atomic E-state index is -0.511. The number of carbonyl (C=O) groups is 1. The number of hydrogen-bond donors (Lipinski definition) is 2. The molecular formula is C14H18ClNO2. The Kier molecular flexibility index (Phi) is 3.64. The SMILES string of the molecule is Cc1cc(Cl)ccc1C(=O)NC(C)(CO)C1CC1. The Hall–Kier alpha value is -1.06. The fourth-order valence-electron chi connectivity index (χ4n) is 2.20. The summed E-state index contributed by atoms with van der Waals surface area (Å²) in [7, 11) is 0. The Bertz CT molecular complexity index is 471. The van der Waals surface area contributed by atoms with Crippen LogP contribution in [-0.4, -0.2) is 23.2 Å². The molecule has 0 radical (unpaired) electrons. The minimum absolute atomic E-state index is 0.0317. The van der Waals surface area contributed by atoms with Crippen LogP contribution in [0.4, 0.5) is 0 Å². The molecule has 3 nitrogen and oxygen atoms in total. The van der Waals surface area contributed by atoms with Gasteiger partial charge in [0.15, 0.2) is 0 Å². The van der Waals surface area contributed by atoms with Crippen LogP contribution in [0, 0.1) is 12.8 Å². The maximum Gasteiger partial charge on any atom is 0.252 e. The number of aryl methyl sites for hydroxylation is 1. The monoisotopic (exact) mass is 267 g/mol. The first kappa shape index (κ1) is 13.4. The second-order valence-electron chi connectivity index (χ2n) is 5.26. The van der Waals surface area contributed by atoms with Gasteiger partial charge in [0.2, 0.25) is 0 Å². The highest BCUT2D eigenvalue weighted by atomic mass is 35.5. The fraction of sp³-hybridized carbons (Fsp3) is 0.500. The second-order valence-corrected chi connectivity index (χ2v) is 5.70. The predicted molar refractivity (Wildman–Crippen MR) is 71.9 cm³/mol. The normalized spacial score (nSPS) is 18.2. The number of carbonyl (C=O) groups excluding carboxylic acids is 1. The lowest BCUT2D eigenvalue weighted by molar-refractivity contribution is 0.0824. The van der Waals surface area contributed by atoms with Crippen molar-refractivity contribution in [3.05, 3.63) is 34.3 Å². The molecule has 0 spiro atoms. The summed E-state index contributed by atoms with van der Waals surface area (Å²) in [6, 6.07) is 5.19. The lowest BCUT2D eigenvalue weighted by Crippen LogP contribution is -2.50. The molecule has 98 valence electrons. The summed E-state index contributed by atoms with van der Waals surface area (Å²) in [5.74, 6) is 0.242. The van der Waals surface area contributed by atoms with Gasteiger partial charge in [0, 0.05) is 10.6 Å². The van der Waals surface area contributed by atoms with Gasteiger partial charge in [-0.3, -0.25) is 4.79 Å². The summed E-state index contributed by atoms with van der Waals surface area (Å²) in [5.41, 5.74) is 0.944. The Labute approximate surface area is 112 Å². The second kappa shape index (κ2) is 4.90. The maximum absolute atomic E-state index is 12.2. The molecule has 0 heterocycles. The summed E-state index contributed by atoms with van der Waals surface area (Å²) in [6.45, 7) is 3.72. The smallest absolute Gasteiger partial charge is 0.252 e. The van der Waals surface area contributed by atoms with Crippen molar-refractivity contribution >= 4 is 17.5 Å². The van der Waals surface area contributed by atoms with Crippen molar-refractivity contribution in [2.45, 2.75) is 32.2 Å². The van der Waals surface area contributed by atoms with Crippen LogP contribution in [0.3, 0.4) is 0 Å². The molecule has 2 N–H and O–H groups in total. The molecule has 1 saturated carbocycles. The molecule has 1 aliphatic carbocycles. The topological polar surface area (TPSA) is 49.3 Å². The van der Waals surface area contributed by atoms with E-state index in [1.807, 2.05) is 13.8 Å². The zero-order valence-corrected chi connectivity index (χ0v) is 11.4. The Balaban J connectivity index is 2.16. The summed E-state index contributed by atoms with van der Waals surface area (Å²) < 4.78 is 0. The van der Waals surface area contributed by atoms with E-state index in [2.05, 4.69) is 5.32 Å². The van der Waals surface area contributed by atoms with Crippen LogP contribution in [-0.2, 0) is 0 Å². The quantitative estimate of drug-likeness (QED) is 0.881. The maximum atomic E-state index is 12.2. The molecule has 1 unspecified atom stereocenters. The first-order valence-electron chi connectivity index (χ1n) is 6.16. The third-order valence-electron chi connectivity index (χ3n) is 3.64. The van der Waals surface area contributed by atoms with Gasteiger partial charge in [-0.15, -0.1) is 0 Å². The number of aliphatic hydroxyl groups excluding tert-OH is 1. The van der Waals surface area contributed by atoms with Crippen molar-refractivity contribution in [2.75, 3.05) is 6.61 Å². The van der Waals surface area contributed by atoms with E-state index in [0.29, 0.717) is 16.5 Å². The first-order chi connectivity index (χ1) is 8.46. The molecule has 0 saturated heterocycles. The van der Waals surface area contributed by atoms with Crippen LogP contribution in [0.1, 0.15) is 35.7 Å². The molecule has 1 fully saturated rings. The molecule has 1 aliphatic rings. The van der Waals surface area contributed by atoms with Crippen LogP contribution in [0.15, 0.2) is 18.2 Å². The van der Waals surface area contributed by atoms with Gasteiger partial charge in [-0.2, -0.15) is 0 Å². The minimum Gasteiger partial charge on any atom is -0.394 e. The standard InChI is InChI=1S/C14H18ClNO2/c1-9-7-11(15)5-6-12(9)13(18)16-14(2,8-17)10-3-4-10/h5-7,10,17H,3-4,8H2,1-2H3,(H,16,18). The number of rotatable bonds is 4. The van der Waals surface area contributed by atoms with E-state index in [-0.39, 0.29) is 12.5 Å². The van der Waals surface area contributed by atoms with Gasteiger partial charge in [-0.1, -0.05) is 11.6 Å². The Morgan fingerprint density at radius 1 is 1.56 bits per heavy atom. The molecule has 0 aromatic heterocycles. The molecule has 1 aromatic carbocycles. The van der Waals surface area contributed by atoms with Gasteiger partial charge in [0.1, 0.15) is 0 Å². The van der Waals surface area contributed by atoms with Crippen LogP contribution >= 0.6 is 11.6 Å². The van der Waals surface area contributed by atoms with E-state index in [1.165, 1.54) is 0 Å². The number of nitrogens with one attached hydrogen (secondary N) is 1. The highest BCUT2D eigenvalue weighted by Crippen LogP contribution is 2.39. The average Bonchev–Trinajstić information content (AvgIpc) is 3.12. The Morgan fingerprint density at radius 3 is 2.72 bits per heavy atom. The molecule has 18 heavy (non-hydrogen) atoms. The highest BCUT2D eigenvalue weighted by molar-refractivity contribution is 6.30. The van der Waals surface area contributed by atoms with E-state index < -0.39 is 5.54 Å². The van der Waals surface area contributed by atoms with Crippen molar-refractivity contribution in [2.24, 2.45) is 5.92 Å². The van der Waals surface area contributed by atoms with Crippen LogP contribution in [0.2, 0.25) is 5.02 Å². The largest absolute Gasteiger partial charge is 0.394 e. The van der Waals surface area contributed by atoms with Crippen molar-refractivity contribution in [1.29, 1.82) is 0 Å². The lowest BCUT2D eigenvalue weighted by Gasteiger charge is -2.29. The summed E-state index contributed by atoms with van der Waals surface area (Å²) in [6.07, 6.45) is 2.13. The molecule has 1 aromatic rings. The predicted octanol–water partition coefficient (Wildman–Crippen LogP) is 2.54. The first-order valence-corrected chi connectivity index (χ1v) is 6.53. The van der Waals surface area contributed by atoms with Gasteiger partial charge in [0.25, 0.3) is 5.91 Å². The number of halogens is 1. The number of amides is 1. The van der Waals surface area contributed by atoms with E-state index in [4.69, 9.17) is 11.6 Å². The summed E-state index contributed by atoms with van der Waals surface area (Å²) in [4.78, 5) is 12.2. The number of hydrogen-bond acceptors (Lipinski definition) is 2. The molecular weight excluding hydrogens is 250 g/mol. The average molecular weight is 268 g/mol. The highest BCUT2D eigenvalue weighted by Gasteiger charge is 2.42. The Morgan fingerprint density at radius 2 is 2.22 bits per heavy atom. The lowest BCUT2D eigenvalue weighted by atomic mass is 9.96. The van der Waals surface area contributed by atoms with E-state index in [0.717, 1.165) is 18.4 Å². The van der Waals surface area contributed by atoms with E-state index >= 15 is 0 Å². The zero-order valence-electron chi connectivity index (χ0n) is 10.7. The van der Waals surface area contributed by atoms with Gasteiger partial charge in [-0.05, 0) is 56.4 Å². The number of aliphatic hydroxyl groups is 1. The van der Waals surface area contributed by atoms with Crippen molar-refractivity contribution in [3.63, 3.8) is 0 Å². The molecule has 4 heteroatoms. The van der Waals surface area contributed by atoms with Gasteiger partial charge >= 0.3 is 0 Å². The summed E-state index contributed by atoms with van der Waals surface area (Å²) >= 11 is 5.87. The van der Waals surface area contributed by atoms with Gasteiger partial charge in [0.05, 0.1) is 12.1 Å². The van der Waals surface area contributed by atoms with Gasteiger partial charge in [-0.25, -0.2) is 0 Å². The molecule has 1 atom stereocenters. The third-order valence-corrected chi connectivity index (χ3v) is 3.87. The van der Waals surface area contributed by atoms with Crippen molar-refractivity contribution in [3.8, 4) is 0 Å². The molecule has 0 bridgehead atoms. The molecule has 1 amide bonds.